The van der Waals surface area contributed by atoms with Crippen LogP contribution in [0.25, 0.3) is 15.9 Å². The Bertz CT molecular complexity index is 1210. The van der Waals surface area contributed by atoms with Gasteiger partial charge in [-0.15, -0.1) is 16.4 Å². The second kappa shape index (κ2) is 6.90. The Morgan fingerprint density at radius 3 is 2.70 bits per heavy atom. The topological polar surface area (TPSA) is 89.2 Å². The predicted octanol–water partition coefficient (Wildman–Crippen LogP) is 3.69. The van der Waals surface area contributed by atoms with Gasteiger partial charge in [0, 0.05) is 6.54 Å². The van der Waals surface area contributed by atoms with E-state index in [1.54, 1.807) is 24.3 Å². The predicted molar refractivity (Wildman–Crippen MR) is 106 cm³/mol. The monoisotopic (exact) mass is 401 g/mol. The zero-order valence-electron chi connectivity index (χ0n) is 15.0. The summed E-state index contributed by atoms with van der Waals surface area (Å²) in [6.07, 6.45) is 2.07. The van der Waals surface area contributed by atoms with Crippen molar-refractivity contribution in [2.45, 2.75) is 36.6 Å². The molecule has 0 aliphatic rings. The normalized spacial score (nSPS) is 12.1. The van der Waals surface area contributed by atoms with E-state index in [9.17, 15) is 8.42 Å². The fourth-order valence-corrected chi connectivity index (χ4v) is 4.90. The highest BCUT2D eigenvalue weighted by atomic mass is 32.2. The Morgan fingerprint density at radius 1 is 1.19 bits per heavy atom. The van der Waals surface area contributed by atoms with E-state index in [0.717, 1.165) is 35.2 Å². The average molecular weight is 402 g/mol. The second-order valence-electron chi connectivity index (χ2n) is 6.32. The van der Waals surface area contributed by atoms with E-state index < -0.39 is 9.84 Å². The Kier molecular flexibility index (Phi) is 4.56. The molecule has 9 heteroatoms. The quantitative estimate of drug-likeness (QED) is 0.496. The van der Waals surface area contributed by atoms with E-state index in [-0.39, 0.29) is 15.6 Å². The highest BCUT2D eigenvalue weighted by Gasteiger charge is 2.27. The molecule has 7 nitrogen and oxygen atoms in total. The number of aryl methyl sites for hydroxylation is 1. The van der Waals surface area contributed by atoms with Gasteiger partial charge in [-0.3, -0.25) is 0 Å². The number of nitrogens with zero attached hydrogens (tertiary/aromatic N) is 4. The summed E-state index contributed by atoms with van der Waals surface area (Å²) in [6, 6.07) is 8.59. The molecule has 140 valence electrons. The zero-order chi connectivity index (χ0) is 19.0. The van der Waals surface area contributed by atoms with Crippen LogP contribution in [0.15, 0.2) is 45.6 Å². The molecule has 0 atom stereocenters. The van der Waals surface area contributed by atoms with Gasteiger partial charge in [0.05, 0.1) is 15.1 Å². The van der Waals surface area contributed by atoms with Crippen molar-refractivity contribution in [3.8, 4) is 0 Å². The maximum absolute atomic E-state index is 13.1. The summed E-state index contributed by atoms with van der Waals surface area (Å²) in [5, 5.41) is 13.2. The van der Waals surface area contributed by atoms with Crippen LogP contribution in [0.3, 0.4) is 0 Å². The van der Waals surface area contributed by atoms with Gasteiger partial charge in [-0.1, -0.05) is 36.3 Å². The first-order valence-electron chi connectivity index (χ1n) is 8.70. The number of sulfone groups is 1. The van der Waals surface area contributed by atoms with Crippen LogP contribution < -0.4 is 5.32 Å². The standard InChI is InChI=1S/C18H19N5O2S2/c1-3-4-10-19-16-15-14(9-11-26-15)23-17(20-16)18(21-22-23)27(24,25)13-7-5-12(2)6-8-13/h5-9,11H,3-4,10H2,1-2H3,(H,19,20). The minimum atomic E-state index is -3.81. The summed E-state index contributed by atoms with van der Waals surface area (Å²) in [4.78, 5) is 4.76. The smallest absolute Gasteiger partial charge is 0.229 e. The third-order valence-electron chi connectivity index (χ3n) is 4.33. The lowest BCUT2D eigenvalue weighted by atomic mass is 10.2. The van der Waals surface area contributed by atoms with Crippen molar-refractivity contribution in [1.29, 1.82) is 0 Å². The number of rotatable bonds is 6. The van der Waals surface area contributed by atoms with Crippen molar-refractivity contribution >= 4 is 42.9 Å². The summed E-state index contributed by atoms with van der Waals surface area (Å²) in [5.74, 6) is 0.670. The molecule has 0 bridgehead atoms. The van der Waals surface area contributed by atoms with E-state index in [0.29, 0.717) is 5.82 Å². The molecule has 3 aromatic heterocycles. The van der Waals surface area contributed by atoms with E-state index in [4.69, 9.17) is 0 Å². The lowest BCUT2D eigenvalue weighted by Gasteiger charge is -2.07. The van der Waals surface area contributed by atoms with E-state index in [1.807, 2.05) is 18.4 Å². The van der Waals surface area contributed by atoms with Crippen LogP contribution in [0.1, 0.15) is 25.3 Å². The zero-order valence-corrected chi connectivity index (χ0v) is 16.6. The van der Waals surface area contributed by atoms with Gasteiger partial charge in [0.2, 0.25) is 14.9 Å². The third kappa shape index (κ3) is 3.06. The summed E-state index contributed by atoms with van der Waals surface area (Å²) in [5.41, 5.74) is 2.02. The van der Waals surface area contributed by atoms with Crippen LogP contribution in [-0.4, -0.2) is 34.8 Å². The number of hydrogen-bond donors (Lipinski definition) is 1. The lowest BCUT2D eigenvalue weighted by molar-refractivity contribution is 0.592. The largest absolute Gasteiger partial charge is 0.369 e. The molecule has 0 radical (unpaired) electrons. The fraction of sp³-hybridized carbons (Fsp3) is 0.278. The minimum absolute atomic E-state index is 0.127. The molecule has 3 heterocycles. The number of benzene rings is 1. The van der Waals surface area contributed by atoms with Crippen molar-refractivity contribution in [1.82, 2.24) is 19.8 Å². The van der Waals surface area contributed by atoms with Crippen molar-refractivity contribution in [2.24, 2.45) is 0 Å². The van der Waals surface area contributed by atoms with Gasteiger partial charge in [0.1, 0.15) is 5.82 Å². The van der Waals surface area contributed by atoms with E-state index in [1.165, 1.54) is 15.9 Å². The number of anilines is 1. The molecule has 0 saturated heterocycles. The van der Waals surface area contributed by atoms with Gasteiger partial charge in [-0.2, -0.15) is 4.52 Å². The number of unbranched alkanes of at least 4 members (excludes halogenated alkanes) is 1. The van der Waals surface area contributed by atoms with Crippen LogP contribution >= 0.6 is 11.3 Å². The van der Waals surface area contributed by atoms with Crippen LogP contribution in [-0.2, 0) is 9.84 Å². The molecule has 4 aromatic rings. The molecule has 0 spiro atoms. The maximum atomic E-state index is 13.1. The fourth-order valence-electron chi connectivity index (χ4n) is 2.83. The Morgan fingerprint density at radius 2 is 1.96 bits per heavy atom. The average Bonchev–Trinajstić information content (AvgIpc) is 3.29. The SMILES string of the molecule is CCCCNc1nc2c(S(=O)(=O)c3ccc(C)cc3)nnn2c2ccsc12. The summed E-state index contributed by atoms with van der Waals surface area (Å²) >= 11 is 1.54. The minimum Gasteiger partial charge on any atom is -0.369 e. The molecule has 1 N–H and O–H groups in total. The van der Waals surface area contributed by atoms with Gasteiger partial charge < -0.3 is 5.32 Å². The highest BCUT2D eigenvalue weighted by molar-refractivity contribution is 7.91. The molecule has 0 unspecified atom stereocenters. The van der Waals surface area contributed by atoms with Crippen molar-refractivity contribution in [3.63, 3.8) is 0 Å². The van der Waals surface area contributed by atoms with E-state index in [2.05, 4.69) is 27.5 Å². The molecular formula is C18H19N5O2S2. The van der Waals surface area contributed by atoms with Gasteiger partial charge >= 0.3 is 0 Å². The first-order chi connectivity index (χ1) is 13.0. The molecule has 4 rings (SSSR count). The van der Waals surface area contributed by atoms with Gasteiger partial charge in [-0.25, -0.2) is 13.4 Å². The number of fused-ring (bicyclic) bond motifs is 3. The molecule has 1 aromatic carbocycles. The van der Waals surface area contributed by atoms with Crippen molar-refractivity contribution in [3.05, 3.63) is 41.3 Å². The second-order valence-corrected chi connectivity index (χ2v) is 9.10. The number of thiophene rings is 1. The molecule has 0 aliphatic carbocycles. The lowest BCUT2D eigenvalue weighted by Crippen LogP contribution is -2.07. The Balaban J connectivity index is 1.89. The van der Waals surface area contributed by atoms with Crippen LogP contribution in [0.4, 0.5) is 5.82 Å². The Labute approximate surface area is 161 Å². The first kappa shape index (κ1) is 17.9. The summed E-state index contributed by atoms with van der Waals surface area (Å²) in [6.45, 7) is 4.80. The Hall–Kier alpha value is -2.52. The highest BCUT2D eigenvalue weighted by Crippen LogP contribution is 2.31. The van der Waals surface area contributed by atoms with Crippen LogP contribution in [0, 0.1) is 6.92 Å². The number of nitrogens with one attached hydrogen (secondary N) is 1. The van der Waals surface area contributed by atoms with E-state index >= 15 is 0 Å². The molecule has 0 fully saturated rings. The molecule has 27 heavy (non-hydrogen) atoms. The van der Waals surface area contributed by atoms with Crippen molar-refractivity contribution in [2.75, 3.05) is 11.9 Å². The summed E-state index contributed by atoms with van der Waals surface area (Å²) in [7, 11) is -3.81. The molecule has 0 aliphatic heterocycles. The maximum Gasteiger partial charge on any atom is 0.229 e. The van der Waals surface area contributed by atoms with Gasteiger partial charge in [-0.05, 0) is 36.9 Å². The van der Waals surface area contributed by atoms with Crippen LogP contribution in [0.2, 0.25) is 0 Å². The molecule has 0 saturated carbocycles. The van der Waals surface area contributed by atoms with Gasteiger partial charge in [0.15, 0.2) is 5.65 Å². The van der Waals surface area contributed by atoms with Gasteiger partial charge in [0.25, 0.3) is 0 Å². The van der Waals surface area contributed by atoms with Crippen LogP contribution in [0.5, 0.6) is 0 Å². The number of aromatic nitrogens is 4. The molecule has 0 amide bonds. The van der Waals surface area contributed by atoms with Crippen molar-refractivity contribution < 1.29 is 8.42 Å². The number of hydrogen-bond acceptors (Lipinski definition) is 7. The summed E-state index contributed by atoms with van der Waals surface area (Å²) < 4.78 is 28.6. The molecular weight excluding hydrogens is 382 g/mol. The third-order valence-corrected chi connectivity index (χ3v) is 6.91. The first-order valence-corrected chi connectivity index (χ1v) is 11.1.